The van der Waals surface area contributed by atoms with E-state index in [2.05, 4.69) is 0 Å². The quantitative estimate of drug-likeness (QED) is 0.580. The number of halogens is 2. The monoisotopic (exact) mass is 232 g/mol. The normalized spacial score (nSPS) is 10.1. The molecular weight excluding hydrogens is 227 g/mol. The largest absolute Gasteiger partial charge is 0.207 e. The zero-order chi connectivity index (χ0) is 12.0. The third kappa shape index (κ3) is 3.24. The fourth-order valence-corrected chi connectivity index (χ4v) is 1.15. The van der Waals surface area contributed by atoms with Crippen molar-refractivity contribution in [3.63, 3.8) is 0 Å². The summed E-state index contributed by atoms with van der Waals surface area (Å²) in [6.45, 7) is 0. The third-order valence-corrected chi connectivity index (χ3v) is 2.10. The predicted octanol–water partition coefficient (Wildman–Crippen LogP) is 3.38. The van der Waals surface area contributed by atoms with Crippen LogP contribution in [0.3, 0.4) is 0 Å². The van der Waals surface area contributed by atoms with Crippen molar-refractivity contribution in [2.75, 3.05) is 0 Å². The van der Waals surface area contributed by atoms with Crippen LogP contribution < -0.4 is 0 Å². The Kier molecular flexibility index (Phi) is 4.27. The Morgan fingerprint density at radius 1 is 1.12 bits per heavy atom. The van der Waals surface area contributed by atoms with Gasteiger partial charge in [0.05, 0.1) is 0 Å². The second-order valence-electron chi connectivity index (χ2n) is 2.83. The average molecular weight is 233 g/mol. The van der Waals surface area contributed by atoms with E-state index < -0.39 is 0 Å². The first-order valence-corrected chi connectivity index (χ1v) is 4.69. The minimum absolute atomic E-state index is 0.0414. The van der Waals surface area contributed by atoms with Gasteiger partial charge in [-0.3, -0.25) is 0 Å². The van der Waals surface area contributed by atoms with Crippen molar-refractivity contribution in [2.45, 2.75) is 0 Å². The van der Waals surface area contributed by atoms with E-state index in [0.717, 1.165) is 0 Å². The minimum atomic E-state index is -0.349. The molecule has 0 bridgehead atoms. The third-order valence-electron chi connectivity index (χ3n) is 1.76. The van der Waals surface area contributed by atoms with Gasteiger partial charge in [-0.05, 0) is 29.8 Å². The van der Waals surface area contributed by atoms with Crippen molar-refractivity contribution in [1.82, 2.24) is 0 Å². The van der Waals surface area contributed by atoms with Crippen molar-refractivity contribution < 1.29 is 4.39 Å². The summed E-state index contributed by atoms with van der Waals surface area (Å²) in [5.41, 5.74) is 0.579. The van der Waals surface area contributed by atoms with E-state index in [1.165, 1.54) is 36.4 Å². The zero-order valence-electron chi connectivity index (χ0n) is 8.11. The van der Waals surface area contributed by atoms with Crippen LogP contribution in [0.4, 0.5) is 4.39 Å². The molecule has 0 saturated carbocycles. The van der Waals surface area contributed by atoms with Gasteiger partial charge in [0.25, 0.3) is 0 Å². The number of hydrogen-bond donors (Lipinski definition) is 0. The lowest BCUT2D eigenvalue weighted by atomic mass is 10.2. The Morgan fingerprint density at radius 3 is 2.19 bits per heavy atom. The molecule has 0 amide bonds. The molecule has 0 N–H and O–H groups in total. The fraction of sp³-hybridized carbons (Fsp3) is 0. The molecule has 1 rings (SSSR count). The maximum absolute atomic E-state index is 12.6. The molecule has 16 heavy (non-hydrogen) atoms. The van der Waals surface area contributed by atoms with Crippen molar-refractivity contribution >= 4 is 16.6 Å². The van der Waals surface area contributed by atoms with Crippen LogP contribution in [-0.2, 0) is 0 Å². The molecule has 0 aliphatic heterocycles. The van der Waals surface area contributed by atoms with Crippen LogP contribution in [0.5, 0.6) is 0 Å². The number of nitriles is 2. The van der Waals surface area contributed by atoms with Gasteiger partial charge < -0.3 is 0 Å². The Bertz CT molecular complexity index is 499. The van der Waals surface area contributed by atoms with Gasteiger partial charge in [0.1, 0.15) is 23.5 Å². The molecule has 0 saturated heterocycles. The summed E-state index contributed by atoms with van der Waals surface area (Å²) in [5.74, 6) is -0.349. The Hall–Kier alpha value is -2.10. The SMILES string of the molecule is N#CC(C#N)=C/C=C(\Cl)c1ccc(F)cc1. The van der Waals surface area contributed by atoms with Crippen LogP contribution in [0, 0.1) is 28.5 Å². The highest BCUT2D eigenvalue weighted by molar-refractivity contribution is 6.48. The smallest absolute Gasteiger partial charge is 0.129 e. The van der Waals surface area contributed by atoms with Gasteiger partial charge in [-0.15, -0.1) is 0 Å². The van der Waals surface area contributed by atoms with E-state index in [-0.39, 0.29) is 11.4 Å². The van der Waals surface area contributed by atoms with Crippen LogP contribution in [-0.4, -0.2) is 0 Å². The average Bonchev–Trinajstić information content (AvgIpc) is 2.31. The molecule has 0 aliphatic rings. The van der Waals surface area contributed by atoms with Crippen LogP contribution in [0.2, 0.25) is 0 Å². The summed E-state index contributed by atoms with van der Waals surface area (Å²) in [6, 6.07) is 9.00. The molecular formula is C12H6ClFN2. The Morgan fingerprint density at radius 2 is 1.69 bits per heavy atom. The summed E-state index contributed by atoms with van der Waals surface area (Å²) in [5, 5.41) is 17.3. The van der Waals surface area contributed by atoms with E-state index in [9.17, 15) is 4.39 Å². The van der Waals surface area contributed by atoms with Gasteiger partial charge in [0.2, 0.25) is 0 Å². The molecule has 1 aromatic rings. The minimum Gasteiger partial charge on any atom is -0.207 e. The Balaban J connectivity index is 2.96. The van der Waals surface area contributed by atoms with E-state index in [0.29, 0.717) is 10.6 Å². The molecule has 78 valence electrons. The van der Waals surface area contributed by atoms with Crippen molar-refractivity contribution in [3.8, 4) is 12.1 Å². The molecule has 0 aliphatic carbocycles. The lowest BCUT2D eigenvalue weighted by Gasteiger charge is -1.97. The van der Waals surface area contributed by atoms with Gasteiger partial charge in [-0.2, -0.15) is 10.5 Å². The van der Waals surface area contributed by atoms with E-state index in [1.54, 1.807) is 12.1 Å². The number of hydrogen-bond acceptors (Lipinski definition) is 2. The number of benzene rings is 1. The number of rotatable bonds is 2. The lowest BCUT2D eigenvalue weighted by Crippen LogP contribution is -1.78. The molecule has 0 heterocycles. The molecule has 2 nitrogen and oxygen atoms in total. The predicted molar refractivity (Wildman–Crippen MR) is 59.5 cm³/mol. The first-order chi connectivity index (χ1) is 7.67. The molecule has 4 heteroatoms. The molecule has 0 unspecified atom stereocenters. The van der Waals surface area contributed by atoms with Crippen molar-refractivity contribution in [3.05, 3.63) is 53.4 Å². The molecule has 0 radical (unpaired) electrons. The summed E-state index contributed by atoms with van der Waals surface area (Å²) in [4.78, 5) is 0. The van der Waals surface area contributed by atoms with E-state index in [4.69, 9.17) is 22.1 Å². The molecule has 0 aromatic heterocycles. The summed E-state index contributed by atoms with van der Waals surface area (Å²) in [6.07, 6.45) is 2.74. The standard InChI is InChI=1S/C12H6ClFN2/c13-12(6-1-9(7-15)8-16)10-2-4-11(14)5-3-10/h1-6H/b12-6-. The summed E-state index contributed by atoms with van der Waals surface area (Å²) < 4.78 is 12.6. The second kappa shape index (κ2) is 5.70. The van der Waals surface area contributed by atoms with Crippen LogP contribution >= 0.6 is 11.6 Å². The first-order valence-electron chi connectivity index (χ1n) is 4.31. The molecule has 0 spiro atoms. The van der Waals surface area contributed by atoms with Gasteiger partial charge in [-0.1, -0.05) is 23.7 Å². The van der Waals surface area contributed by atoms with Crippen molar-refractivity contribution in [2.24, 2.45) is 0 Å². The Labute approximate surface area is 97.5 Å². The van der Waals surface area contributed by atoms with E-state index >= 15 is 0 Å². The summed E-state index contributed by atoms with van der Waals surface area (Å²) in [7, 11) is 0. The molecule has 0 fully saturated rings. The maximum atomic E-state index is 12.6. The van der Waals surface area contributed by atoms with Gasteiger partial charge in [-0.25, -0.2) is 4.39 Å². The lowest BCUT2D eigenvalue weighted by molar-refractivity contribution is 0.627. The highest BCUT2D eigenvalue weighted by Gasteiger charge is 1.97. The molecule has 1 aromatic carbocycles. The topological polar surface area (TPSA) is 47.6 Å². The first kappa shape index (κ1) is 12.0. The summed E-state index contributed by atoms with van der Waals surface area (Å²) >= 11 is 5.89. The van der Waals surface area contributed by atoms with Gasteiger partial charge in [0.15, 0.2) is 0 Å². The molecule has 0 atom stereocenters. The zero-order valence-corrected chi connectivity index (χ0v) is 8.87. The highest BCUT2D eigenvalue weighted by atomic mass is 35.5. The maximum Gasteiger partial charge on any atom is 0.129 e. The van der Waals surface area contributed by atoms with Crippen LogP contribution in [0.25, 0.3) is 5.03 Å². The number of nitrogens with zero attached hydrogens (tertiary/aromatic N) is 2. The highest BCUT2D eigenvalue weighted by Crippen LogP contribution is 2.19. The van der Waals surface area contributed by atoms with E-state index in [1.807, 2.05) is 0 Å². The second-order valence-corrected chi connectivity index (χ2v) is 3.23. The number of allylic oxidation sites excluding steroid dienone is 3. The van der Waals surface area contributed by atoms with Crippen molar-refractivity contribution in [1.29, 1.82) is 10.5 Å². The van der Waals surface area contributed by atoms with Gasteiger partial charge >= 0.3 is 0 Å². The fourth-order valence-electron chi connectivity index (χ4n) is 0.961. The van der Waals surface area contributed by atoms with Gasteiger partial charge in [0, 0.05) is 5.03 Å². The van der Waals surface area contributed by atoms with Crippen LogP contribution in [0.1, 0.15) is 5.56 Å². The van der Waals surface area contributed by atoms with Crippen LogP contribution in [0.15, 0.2) is 42.0 Å².